The molecule has 0 saturated heterocycles. The molecule has 0 heterocycles. The van der Waals surface area contributed by atoms with Crippen molar-refractivity contribution in [3.63, 3.8) is 0 Å². The van der Waals surface area contributed by atoms with Crippen LogP contribution in [0.1, 0.15) is 33.1 Å². The van der Waals surface area contributed by atoms with Gasteiger partial charge >= 0.3 is 0 Å². The van der Waals surface area contributed by atoms with Gasteiger partial charge < -0.3 is 15.7 Å². The molecule has 1 atom stereocenters. The lowest BCUT2D eigenvalue weighted by Crippen LogP contribution is -2.40. The van der Waals surface area contributed by atoms with E-state index in [9.17, 15) is 8.42 Å². The van der Waals surface area contributed by atoms with Crippen molar-refractivity contribution in [2.75, 3.05) is 32.0 Å². The van der Waals surface area contributed by atoms with Gasteiger partial charge in [0.2, 0.25) is 0 Å². The topological polar surface area (TPSA) is 90.8 Å². The Kier molecular flexibility index (Phi) is 10.8. The molecule has 0 aliphatic heterocycles. The summed E-state index contributed by atoms with van der Waals surface area (Å²) in [6.07, 6.45) is 2.80. The summed E-state index contributed by atoms with van der Waals surface area (Å²) in [5.41, 5.74) is 0. The number of nitrogens with zero attached hydrogens (tertiary/aromatic N) is 1. The third-order valence-electron chi connectivity index (χ3n) is 3.92. The van der Waals surface area contributed by atoms with E-state index < -0.39 is 9.84 Å². The second kappa shape index (κ2) is 12.3. The Morgan fingerprint density at radius 2 is 1.88 bits per heavy atom. The highest BCUT2D eigenvalue weighted by atomic mass is 79.9. The molecule has 8 heteroatoms. The predicted molar refractivity (Wildman–Crippen MR) is 110 cm³/mol. The van der Waals surface area contributed by atoms with E-state index in [2.05, 4.69) is 38.5 Å². The summed E-state index contributed by atoms with van der Waals surface area (Å²) in [6.45, 7) is 5.84. The number of halogens is 1. The smallest absolute Gasteiger partial charge is 0.191 e. The third kappa shape index (κ3) is 8.51. The van der Waals surface area contributed by atoms with Crippen LogP contribution in [0.25, 0.3) is 0 Å². The monoisotopic (exact) mass is 447 g/mol. The maximum Gasteiger partial charge on any atom is 0.191 e. The molecule has 0 bridgehead atoms. The zero-order valence-corrected chi connectivity index (χ0v) is 17.9. The van der Waals surface area contributed by atoms with Gasteiger partial charge in [0.15, 0.2) is 15.8 Å². The molecule has 0 aliphatic carbocycles. The Hall–Kier alpha value is -1.12. The number of sulfone groups is 1. The number of rotatable bonds is 11. The van der Waals surface area contributed by atoms with Gasteiger partial charge in [-0.15, -0.1) is 0 Å². The van der Waals surface area contributed by atoms with E-state index in [0.717, 1.165) is 23.7 Å². The lowest BCUT2D eigenvalue weighted by molar-refractivity contribution is 0.253. The molecule has 3 N–H and O–H groups in total. The minimum absolute atomic E-state index is 0.00588. The molecule has 0 aliphatic rings. The highest BCUT2D eigenvalue weighted by molar-refractivity contribution is 9.10. The van der Waals surface area contributed by atoms with Crippen LogP contribution in [0.15, 0.2) is 38.6 Å². The van der Waals surface area contributed by atoms with Gasteiger partial charge in [0.05, 0.1) is 10.6 Å². The van der Waals surface area contributed by atoms with E-state index in [0.29, 0.717) is 29.9 Å². The number of hydrogen-bond donors (Lipinski definition) is 3. The minimum atomic E-state index is -3.34. The van der Waals surface area contributed by atoms with Gasteiger partial charge in [0, 0.05) is 30.7 Å². The normalized spacial score (nSPS) is 13.5. The standard InChI is InChI=1S/C18H30BrN3O3S/c1-3-5-15(10-12-23)14-22-18(20-4-2)21-11-13-26(24,25)17-8-6-16(19)7-9-17/h6-9,15,23H,3-5,10-14H2,1-2H3,(H2,20,21,22). The molecule has 6 nitrogen and oxygen atoms in total. The molecule has 1 rings (SSSR count). The van der Waals surface area contributed by atoms with E-state index >= 15 is 0 Å². The highest BCUT2D eigenvalue weighted by Gasteiger charge is 2.14. The fraction of sp³-hybridized carbons (Fsp3) is 0.611. The lowest BCUT2D eigenvalue weighted by atomic mass is 10.0. The minimum Gasteiger partial charge on any atom is -0.396 e. The van der Waals surface area contributed by atoms with Gasteiger partial charge in [-0.2, -0.15) is 0 Å². The third-order valence-corrected chi connectivity index (χ3v) is 6.18. The number of hydrogen-bond acceptors (Lipinski definition) is 4. The van der Waals surface area contributed by atoms with Gasteiger partial charge in [-0.3, -0.25) is 4.99 Å². The Morgan fingerprint density at radius 3 is 2.46 bits per heavy atom. The highest BCUT2D eigenvalue weighted by Crippen LogP contribution is 2.15. The van der Waals surface area contributed by atoms with Crippen LogP contribution in [0.5, 0.6) is 0 Å². The molecule has 1 aromatic carbocycles. The fourth-order valence-corrected chi connectivity index (χ4v) is 3.97. The summed E-state index contributed by atoms with van der Waals surface area (Å²) >= 11 is 3.31. The fourth-order valence-electron chi connectivity index (χ4n) is 2.54. The molecule has 26 heavy (non-hydrogen) atoms. The maximum absolute atomic E-state index is 12.4. The molecule has 1 unspecified atom stereocenters. The van der Waals surface area contributed by atoms with Gasteiger partial charge in [0.25, 0.3) is 0 Å². The Labute approximate surface area is 165 Å². The SMILES string of the molecule is CCCC(CCO)CN=C(NCC)NCCS(=O)(=O)c1ccc(Br)cc1. The quantitative estimate of drug-likeness (QED) is 0.358. The van der Waals surface area contributed by atoms with Crippen LogP contribution in [-0.2, 0) is 9.84 Å². The molecule has 1 aromatic rings. The predicted octanol–water partition coefficient (Wildman–Crippen LogP) is 2.58. The average Bonchev–Trinajstić information content (AvgIpc) is 2.60. The second-order valence-corrected chi connectivity index (χ2v) is 9.11. The first kappa shape index (κ1) is 22.9. The van der Waals surface area contributed by atoms with Crippen LogP contribution in [0.3, 0.4) is 0 Å². The van der Waals surface area contributed by atoms with Crippen molar-refractivity contribution in [1.29, 1.82) is 0 Å². The Morgan fingerprint density at radius 1 is 1.19 bits per heavy atom. The van der Waals surface area contributed by atoms with Crippen LogP contribution < -0.4 is 10.6 Å². The van der Waals surface area contributed by atoms with E-state index in [1.54, 1.807) is 24.3 Å². The maximum atomic E-state index is 12.4. The zero-order valence-electron chi connectivity index (χ0n) is 15.5. The van der Waals surface area contributed by atoms with Crippen LogP contribution in [-0.4, -0.2) is 51.5 Å². The molecule has 0 saturated carbocycles. The van der Waals surface area contributed by atoms with Gasteiger partial charge in [-0.1, -0.05) is 29.3 Å². The van der Waals surface area contributed by atoms with Crippen molar-refractivity contribution in [2.24, 2.45) is 10.9 Å². The second-order valence-electron chi connectivity index (χ2n) is 6.09. The lowest BCUT2D eigenvalue weighted by Gasteiger charge is -2.15. The van der Waals surface area contributed by atoms with Crippen LogP contribution in [0.4, 0.5) is 0 Å². The number of nitrogens with one attached hydrogen (secondary N) is 2. The van der Waals surface area contributed by atoms with Crippen LogP contribution in [0, 0.1) is 5.92 Å². The summed E-state index contributed by atoms with van der Waals surface area (Å²) in [5.74, 6) is 0.943. The molecule has 0 amide bonds. The first-order valence-corrected chi connectivity index (χ1v) is 11.5. The largest absolute Gasteiger partial charge is 0.396 e. The Balaban J connectivity index is 2.61. The molecule has 0 fully saturated rings. The van der Waals surface area contributed by atoms with Crippen molar-refractivity contribution >= 4 is 31.7 Å². The zero-order chi connectivity index (χ0) is 19.4. The van der Waals surface area contributed by atoms with Gasteiger partial charge in [-0.25, -0.2) is 8.42 Å². The molecular weight excluding hydrogens is 418 g/mol. The van der Waals surface area contributed by atoms with Crippen LogP contribution >= 0.6 is 15.9 Å². The Bertz CT molecular complexity index is 642. The molecule has 148 valence electrons. The summed E-state index contributed by atoms with van der Waals surface area (Å²) in [5, 5.41) is 15.4. The number of aliphatic hydroxyl groups excluding tert-OH is 1. The number of guanidine groups is 1. The first-order chi connectivity index (χ1) is 12.4. The first-order valence-electron chi connectivity index (χ1n) is 9.04. The summed E-state index contributed by atoms with van der Waals surface area (Å²) < 4.78 is 25.6. The van der Waals surface area contributed by atoms with E-state index in [-0.39, 0.29) is 18.9 Å². The number of aliphatic hydroxyl groups is 1. The van der Waals surface area contributed by atoms with Crippen molar-refractivity contribution in [1.82, 2.24) is 10.6 Å². The van der Waals surface area contributed by atoms with Crippen LogP contribution in [0.2, 0.25) is 0 Å². The molecule has 0 radical (unpaired) electrons. The summed E-state index contributed by atoms with van der Waals surface area (Å²) in [7, 11) is -3.34. The van der Waals surface area contributed by atoms with E-state index in [4.69, 9.17) is 5.11 Å². The van der Waals surface area contributed by atoms with Gasteiger partial charge in [0.1, 0.15) is 0 Å². The van der Waals surface area contributed by atoms with E-state index in [1.165, 1.54) is 0 Å². The molecule has 0 aromatic heterocycles. The van der Waals surface area contributed by atoms with Crippen molar-refractivity contribution in [3.8, 4) is 0 Å². The van der Waals surface area contributed by atoms with Crippen molar-refractivity contribution in [3.05, 3.63) is 28.7 Å². The van der Waals surface area contributed by atoms with Gasteiger partial charge in [-0.05, 0) is 49.9 Å². The van der Waals surface area contributed by atoms with Crippen molar-refractivity contribution in [2.45, 2.75) is 38.0 Å². The average molecular weight is 448 g/mol. The summed E-state index contributed by atoms with van der Waals surface area (Å²) in [6, 6.07) is 6.65. The van der Waals surface area contributed by atoms with Crippen molar-refractivity contribution < 1.29 is 13.5 Å². The molecular formula is C18H30BrN3O3S. The molecule has 0 spiro atoms. The van der Waals surface area contributed by atoms with E-state index in [1.807, 2.05) is 6.92 Å². The number of aliphatic imine (C=N–C) groups is 1. The number of benzene rings is 1. The summed E-state index contributed by atoms with van der Waals surface area (Å²) in [4.78, 5) is 4.85.